The van der Waals surface area contributed by atoms with E-state index < -0.39 is 11.8 Å². The standard InChI is InChI=1S/C19H13FN2O2/c20-16-5-3-4-13(9-16)14(10-21)8-15-11-22(12-19(23)24)18-7-2-1-6-17(15)18/h1-9,11H,12H2,(H,23,24)/p-1/b14-8+. The lowest BCUT2D eigenvalue weighted by molar-refractivity contribution is -0.306. The van der Waals surface area contributed by atoms with Crippen LogP contribution in [0.1, 0.15) is 11.1 Å². The molecule has 0 N–H and O–H groups in total. The van der Waals surface area contributed by atoms with Crippen molar-refractivity contribution in [1.82, 2.24) is 4.57 Å². The van der Waals surface area contributed by atoms with Gasteiger partial charge in [-0.3, -0.25) is 0 Å². The molecule has 0 saturated carbocycles. The Bertz CT molecular complexity index is 996. The second kappa shape index (κ2) is 6.39. The zero-order chi connectivity index (χ0) is 17.1. The second-order valence-electron chi connectivity index (χ2n) is 5.28. The van der Waals surface area contributed by atoms with Crippen LogP contribution < -0.4 is 5.11 Å². The molecule has 1 heterocycles. The van der Waals surface area contributed by atoms with Crippen molar-refractivity contribution < 1.29 is 14.3 Å². The minimum absolute atomic E-state index is 0.282. The van der Waals surface area contributed by atoms with Crippen LogP contribution in [0.2, 0.25) is 0 Å². The van der Waals surface area contributed by atoms with Crippen LogP contribution in [0.25, 0.3) is 22.6 Å². The van der Waals surface area contributed by atoms with Gasteiger partial charge < -0.3 is 14.5 Å². The number of aromatic nitrogens is 1. The molecular formula is C19H12FN2O2-. The molecule has 0 bridgehead atoms. The smallest absolute Gasteiger partial charge is 0.123 e. The number of nitriles is 1. The summed E-state index contributed by atoms with van der Waals surface area (Å²) >= 11 is 0. The largest absolute Gasteiger partial charge is 0.548 e. The normalized spacial score (nSPS) is 11.4. The highest BCUT2D eigenvalue weighted by Gasteiger charge is 2.09. The molecule has 0 saturated heterocycles. The number of carbonyl (C=O) groups excluding carboxylic acids is 1. The van der Waals surface area contributed by atoms with E-state index >= 15 is 0 Å². The summed E-state index contributed by atoms with van der Waals surface area (Å²) in [4.78, 5) is 10.9. The maximum Gasteiger partial charge on any atom is 0.123 e. The monoisotopic (exact) mass is 319 g/mol. The topological polar surface area (TPSA) is 68.8 Å². The Morgan fingerprint density at radius 3 is 2.75 bits per heavy atom. The number of fused-ring (bicyclic) bond motifs is 1. The van der Waals surface area contributed by atoms with E-state index in [0.717, 1.165) is 10.9 Å². The number of hydrogen-bond acceptors (Lipinski definition) is 3. The molecule has 24 heavy (non-hydrogen) atoms. The van der Waals surface area contributed by atoms with Gasteiger partial charge in [-0.1, -0.05) is 30.3 Å². The Balaban J connectivity index is 2.15. The first-order chi connectivity index (χ1) is 11.6. The van der Waals surface area contributed by atoms with E-state index in [2.05, 4.69) is 6.07 Å². The van der Waals surface area contributed by atoms with Gasteiger partial charge in [0.05, 0.1) is 24.2 Å². The summed E-state index contributed by atoms with van der Waals surface area (Å²) in [5.41, 5.74) is 2.18. The molecule has 3 rings (SSSR count). The predicted octanol–water partition coefficient (Wildman–Crippen LogP) is 2.59. The summed E-state index contributed by atoms with van der Waals surface area (Å²) in [6.45, 7) is -0.282. The van der Waals surface area contributed by atoms with E-state index in [9.17, 15) is 19.6 Å². The molecular weight excluding hydrogens is 307 g/mol. The zero-order valence-electron chi connectivity index (χ0n) is 12.6. The van der Waals surface area contributed by atoms with Gasteiger partial charge in [0, 0.05) is 22.7 Å². The van der Waals surface area contributed by atoms with E-state index in [1.54, 1.807) is 35.0 Å². The maximum absolute atomic E-state index is 13.4. The summed E-state index contributed by atoms with van der Waals surface area (Å²) in [7, 11) is 0. The number of carboxylic acids is 1. The average molecular weight is 319 g/mol. The third-order valence-electron chi connectivity index (χ3n) is 3.67. The number of hydrogen-bond donors (Lipinski definition) is 0. The van der Waals surface area contributed by atoms with E-state index in [4.69, 9.17) is 0 Å². The summed E-state index contributed by atoms with van der Waals surface area (Å²) in [5.74, 6) is -1.62. The quantitative estimate of drug-likeness (QED) is 0.694. The molecule has 0 aliphatic heterocycles. The molecule has 4 nitrogen and oxygen atoms in total. The first-order valence-corrected chi connectivity index (χ1v) is 7.24. The van der Waals surface area contributed by atoms with E-state index in [-0.39, 0.29) is 6.54 Å². The van der Waals surface area contributed by atoms with Gasteiger partial charge in [-0.05, 0) is 29.8 Å². The van der Waals surface area contributed by atoms with Crippen molar-refractivity contribution in [2.75, 3.05) is 0 Å². The van der Waals surface area contributed by atoms with Gasteiger partial charge in [0.15, 0.2) is 0 Å². The number of carboxylic acid groups (broad SMARTS) is 1. The lowest BCUT2D eigenvalue weighted by atomic mass is 10.0. The van der Waals surface area contributed by atoms with Crippen molar-refractivity contribution in [3.05, 3.63) is 71.7 Å². The summed E-state index contributed by atoms with van der Waals surface area (Å²) < 4.78 is 14.9. The third kappa shape index (κ3) is 3.03. The lowest BCUT2D eigenvalue weighted by Crippen LogP contribution is -2.27. The number of aliphatic carboxylic acids is 1. The Morgan fingerprint density at radius 2 is 2.04 bits per heavy atom. The van der Waals surface area contributed by atoms with Crippen LogP contribution in [0, 0.1) is 17.1 Å². The van der Waals surface area contributed by atoms with Crippen molar-refractivity contribution in [2.45, 2.75) is 6.54 Å². The summed E-state index contributed by atoms with van der Waals surface area (Å²) in [6, 6.07) is 15.1. The van der Waals surface area contributed by atoms with Gasteiger partial charge in [0.2, 0.25) is 0 Å². The Hall–Kier alpha value is -3.39. The molecule has 0 aliphatic carbocycles. The van der Waals surface area contributed by atoms with E-state index in [1.807, 2.05) is 12.1 Å². The van der Waals surface area contributed by atoms with Crippen molar-refractivity contribution in [3.8, 4) is 6.07 Å². The highest BCUT2D eigenvalue weighted by molar-refractivity contribution is 5.98. The molecule has 0 spiro atoms. The van der Waals surface area contributed by atoms with Gasteiger partial charge in [-0.25, -0.2) is 4.39 Å². The number of para-hydroxylation sites is 1. The number of halogens is 1. The molecule has 0 amide bonds. The number of allylic oxidation sites excluding steroid dienone is 1. The first kappa shape index (κ1) is 15.5. The Labute approximate surface area is 137 Å². The highest BCUT2D eigenvalue weighted by Crippen LogP contribution is 2.26. The summed E-state index contributed by atoms with van der Waals surface area (Å²) in [6.07, 6.45) is 3.28. The van der Waals surface area contributed by atoms with Gasteiger partial charge in [-0.2, -0.15) is 5.26 Å². The minimum atomic E-state index is -1.20. The number of nitrogens with zero attached hydrogens (tertiary/aromatic N) is 2. The van der Waals surface area contributed by atoms with E-state index in [1.165, 1.54) is 18.2 Å². The van der Waals surface area contributed by atoms with Crippen LogP contribution in [-0.4, -0.2) is 10.5 Å². The highest BCUT2D eigenvalue weighted by atomic mass is 19.1. The summed E-state index contributed by atoms with van der Waals surface area (Å²) in [5, 5.41) is 21.1. The average Bonchev–Trinajstić information content (AvgIpc) is 2.90. The number of benzene rings is 2. The Morgan fingerprint density at radius 1 is 1.25 bits per heavy atom. The molecule has 1 aromatic heterocycles. The fraction of sp³-hybridized carbons (Fsp3) is 0.0526. The van der Waals surface area contributed by atoms with Gasteiger partial charge in [-0.15, -0.1) is 0 Å². The molecule has 0 radical (unpaired) electrons. The molecule has 3 aromatic rings. The van der Waals surface area contributed by atoms with Gasteiger partial charge in [0.1, 0.15) is 5.82 Å². The predicted molar refractivity (Wildman–Crippen MR) is 86.8 cm³/mol. The van der Waals surface area contributed by atoms with Crippen LogP contribution in [0.3, 0.4) is 0 Å². The Kier molecular flexibility index (Phi) is 4.13. The van der Waals surface area contributed by atoms with Crippen LogP contribution in [-0.2, 0) is 11.3 Å². The fourth-order valence-electron chi connectivity index (χ4n) is 2.65. The second-order valence-corrected chi connectivity index (χ2v) is 5.28. The van der Waals surface area contributed by atoms with Crippen molar-refractivity contribution in [1.29, 1.82) is 5.26 Å². The fourth-order valence-corrected chi connectivity index (χ4v) is 2.65. The van der Waals surface area contributed by atoms with Gasteiger partial charge in [0.25, 0.3) is 0 Å². The third-order valence-corrected chi connectivity index (χ3v) is 3.67. The first-order valence-electron chi connectivity index (χ1n) is 7.24. The van der Waals surface area contributed by atoms with Crippen molar-refractivity contribution in [3.63, 3.8) is 0 Å². The molecule has 0 fully saturated rings. The zero-order valence-corrected chi connectivity index (χ0v) is 12.6. The maximum atomic E-state index is 13.4. The SMILES string of the molecule is N#C/C(=C\c1cn(CC(=O)[O-])c2ccccc12)c1cccc(F)c1. The molecule has 0 unspecified atom stereocenters. The molecule has 0 aliphatic rings. The lowest BCUT2D eigenvalue weighted by Gasteiger charge is -2.04. The van der Waals surface area contributed by atoms with Crippen LogP contribution in [0.4, 0.5) is 4.39 Å². The van der Waals surface area contributed by atoms with E-state index in [0.29, 0.717) is 16.7 Å². The molecule has 118 valence electrons. The van der Waals surface area contributed by atoms with Crippen LogP contribution in [0.5, 0.6) is 0 Å². The number of rotatable bonds is 4. The van der Waals surface area contributed by atoms with Crippen molar-refractivity contribution >= 4 is 28.5 Å². The molecule has 2 aromatic carbocycles. The minimum Gasteiger partial charge on any atom is -0.548 e. The molecule has 0 atom stereocenters. The van der Waals surface area contributed by atoms with Crippen LogP contribution >= 0.6 is 0 Å². The van der Waals surface area contributed by atoms with Crippen molar-refractivity contribution in [2.24, 2.45) is 0 Å². The van der Waals surface area contributed by atoms with Crippen LogP contribution in [0.15, 0.2) is 54.7 Å². The number of carbonyl (C=O) groups is 1. The molecule has 5 heteroatoms. The van der Waals surface area contributed by atoms with Gasteiger partial charge >= 0.3 is 0 Å².